The highest BCUT2D eigenvalue weighted by Crippen LogP contribution is 2.43. The summed E-state index contributed by atoms with van der Waals surface area (Å²) in [7, 11) is 1.27. The number of thiophene rings is 1. The predicted molar refractivity (Wildman–Crippen MR) is 152 cm³/mol. The molecule has 0 unspecified atom stereocenters. The third-order valence-electron chi connectivity index (χ3n) is 6.56. The number of hydrogen-bond acceptors (Lipinski definition) is 6. The van der Waals surface area contributed by atoms with E-state index in [-0.39, 0.29) is 12.2 Å². The molecule has 0 aliphatic carbocycles. The fourth-order valence-corrected chi connectivity index (χ4v) is 5.52. The Bertz CT molecular complexity index is 1470. The summed E-state index contributed by atoms with van der Waals surface area (Å²) in [5, 5.41) is 9.70. The van der Waals surface area contributed by atoms with Gasteiger partial charge in [0.15, 0.2) is 0 Å². The van der Waals surface area contributed by atoms with Crippen molar-refractivity contribution in [2.75, 3.05) is 18.5 Å². The fraction of sp³-hybridized carbons (Fsp3) is 0.367. The number of anilines is 1. The molecule has 1 aromatic heterocycles. The van der Waals surface area contributed by atoms with Gasteiger partial charge < -0.3 is 19.5 Å². The van der Waals surface area contributed by atoms with Crippen LogP contribution >= 0.6 is 11.3 Å². The summed E-state index contributed by atoms with van der Waals surface area (Å²) in [5.74, 6) is -1.38. The molecule has 1 atom stereocenters. The van der Waals surface area contributed by atoms with Gasteiger partial charge in [0, 0.05) is 29.7 Å². The molecule has 0 saturated heterocycles. The molecule has 2 heterocycles. The van der Waals surface area contributed by atoms with E-state index < -0.39 is 47.1 Å². The minimum Gasteiger partial charge on any atom is -0.488 e. The van der Waals surface area contributed by atoms with E-state index in [1.54, 1.807) is 69.3 Å². The lowest BCUT2D eigenvalue weighted by Gasteiger charge is -2.29. The van der Waals surface area contributed by atoms with E-state index in [4.69, 9.17) is 9.47 Å². The minimum absolute atomic E-state index is 0.0701. The quantitative estimate of drug-likeness (QED) is 0.311. The molecule has 2 aromatic carbocycles. The Morgan fingerprint density at radius 1 is 1.07 bits per heavy atom. The molecule has 0 saturated carbocycles. The lowest BCUT2D eigenvalue weighted by atomic mass is 10.1. The molecule has 1 N–H and O–H groups in total. The van der Waals surface area contributed by atoms with E-state index in [9.17, 15) is 32.7 Å². The zero-order chi connectivity index (χ0) is 30.8. The zero-order valence-corrected chi connectivity index (χ0v) is 24.3. The second-order valence-electron chi connectivity index (χ2n) is 10.8. The van der Waals surface area contributed by atoms with E-state index in [1.165, 1.54) is 18.0 Å². The number of fused-ring (bicyclic) bond motifs is 1. The van der Waals surface area contributed by atoms with Crippen molar-refractivity contribution in [2.24, 2.45) is 0 Å². The summed E-state index contributed by atoms with van der Waals surface area (Å²) in [5.41, 5.74) is 1.10. The van der Waals surface area contributed by atoms with E-state index >= 15 is 0 Å². The molecular formula is C30H31F3N2O6S. The van der Waals surface area contributed by atoms with Crippen LogP contribution in [0.4, 0.5) is 23.7 Å². The van der Waals surface area contributed by atoms with Crippen LogP contribution in [0.2, 0.25) is 0 Å². The number of alkyl halides is 3. The Labute approximate surface area is 245 Å². The summed E-state index contributed by atoms with van der Waals surface area (Å²) in [6.45, 7) is 5.20. The van der Waals surface area contributed by atoms with Crippen molar-refractivity contribution in [1.82, 2.24) is 4.90 Å². The van der Waals surface area contributed by atoms with Crippen LogP contribution in [0.5, 0.6) is 5.75 Å². The fourth-order valence-electron chi connectivity index (χ4n) is 4.56. The van der Waals surface area contributed by atoms with Crippen molar-refractivity contribution < 1.29 is 42.1 Å². The standard InChI is InChI=1S/C30H31F3N2O6S/c1-29(2,3)41-28(39)34(4)24(27(37)38)16-25(36)35-13-12-19-14-20(10-11-23(19)35)40-17-21-15-22(18-8-6-5-7-9-18)26(42-21)30(31,32)33/h5-11,14-15,24H,12-13,16-17H2,1-4H3,(H,37,38)/t24-/m1/s1. The van der Waals surface area contributed by atoms with Gasteiger partial charge in [-0.2, -0.15) is 13.2 Å². The largest absolute Gasteiger partial charge is 0.488 e. The van der Waals surface area contributed by atoms with Crippen LogP contribution in [0.15, 0.2) is 54.6 Å². The number of ether oxygens (including phenoxy) is 2. The van der Waals surface area contributed by atoms with Gasteiger partial charge in [-0.3, -0.25) is 9.69 Å². The van der Waals surface area contributed by atoms with E-state index in [0.29, 0.717) is 46.2 Å². The van der Waals surface area contributed by atoms with Gasteiger partial charge in [-0.05, 0) is 62.6 Å². The Morgan fingerprint density at radius 3 is 2.38 bits per heavy atom. The lowest BCUT2D eigenvalue weighted by molar-refractivity contribution is -0.144. The van der Waals surface area contributed by atoms with Crippen molar-refractivity contribution >= 4 is 35.0 Å². The maximum Gasteiger partial charge on any atom is 0.426 e. The molecule has 4 rings (SSSR count). The molecular weight excluding hydrogens is 573 g/mol. The van der Waals surface area contributed by atoms with Crippen LogP contribution in [0.25, 0.3) is 11.1 Å². The van der Waals surface area contributed by atoms with E-state index in [1.807, 2.05) is 0 Å². The molecule has 3 aromatic rings. The van der Waals surface area contributed by atoms with Gasteiger partial charge in [0.1, 0.15) is 28.9 Å². The van der Waals surface area contributed by atoms with Gasteiger partial charge in [0.25, 0.3) is 0 Å². The number of nitrogens with zero attached hydrogens (tertiary/aromatic N) is 2. The number of aliphatic carboxylic acids is 1. The van der Waals surface area contributed by atoms with Gasteiger partial charge >= 0.3 is 18.2 Å². The average Bonchev–Trinajstić information content (AvgIpc) is 3.54. The maximum absolute atomic E-state index is 13.7. The maximum atomic E-state index is 13.7. The van der Waals surface area contributed by atoms with E-state index in [2.05, 4.69) is 0 Å². The number of carbonyl (C=O) groups excluding carboxylic acids is 2. The number of carboxylic acids is 1. The Hall–Kier alpha value is -4.06. The summed E-state index contributed by atoms with van der Waals surface area (Å²) in [6.07, 6.45) is -5.33. The number of carboxylic acid groups (broad SMARTS) is 1. The van der Waals surface area contributed by atoms with Crippen LogP contribution in [-0.2, 0) is 33.5 Å². The van der Waals surface area contributed by atoms with Crippen molar-refractivity contribution in [2.45, 2.75) is 58.0 Å². The third-order valence-corrected chi connectivity index (χ3v) is 7.71. The van der Waals surface area contributed by atoms with Crippen LogP contribution in [0.1, 0.15) is 42.5 Å². The molecule has 1 aliphatic heterocycles. The summed E-state index contributed by atoms with van der Waals surface area (Å²) in [4.78, 5) is 39.5. The smallest absolute Gasteiger partial charge is 0.426 e. The van der Waals surface area contributed by atoms with Gasteiger partial charge in [0.2, 0.25) is 5.91 Å². The van der Waals surface area contributed by atoms with Crippen LogP contribution in [0.3, 0.4) is 0 Å². The van der Waals surface area contributed by atoms with Crippen molar-refractivity contribution in [3.63, 3.8) is 0 Å². The summed E-state index contributed by atoms with van der Waals surface area (Å²) >= 11 is 0.638. The van der Waals surface area contributed by atoms with Gasteiger partial charge in [-0.15, -0.1) is 11.3 Å². The Kier molecular flexibility index (Phi) is 8.86. The van der Waals surface area contributed by atoms with Gasteiger partial charge in [-0.25, -0.2) is 9.59 Å². The summed E-state index contributed by atoms with van der Waals surface area (Å²) < 4.78 is 52.2. The first-order valence-corrected chi connectivity index (χ1v) is 14.0. The molecule has 0 spiro atoms. The number of amides is 2. The molecule has 1 aliphatic rings. The second kappa shape index (κ2) is 12.0. The zero-order valence-electron chi connectivity index (χ0n) is 23.5. The summed E-state index contributed by atoms with van der Waals surface area (Å²) in [6, 6.07) is 13.4. The number of halogens is 3. The number of benzene rings is 2. The average molecular weight is 605 g/mol. The number of likely N-dealkylation sites (N-methyl/N-ethyl adjacent to an activating group) is 1. The molecule has 224 valence electrons. The van der Waals surface area contributed by atoms with Crippen molar-refractivity contribution in [1.29, 1.82) is 0 Å². The van der Waals surface area contributed by atoms with Crippen LogP contribution < -0.4 is 9.64 Å². The van der Waals surface area contributed by atoms with E-state index in [0.717, 1.165) is 10.5 Å². The highest BCUT2D eigenvalue weighted by molar-refractivity contribution is 7.12. The molecule has 42 heavy (non-hydrogen) atoms. The topological polar surface area (TPSA) is 96.4 Å². The number of carbonyl (C=O) groups is 3. The third kappa shape index (κ3) is 7.22. The van der Waals surface area contributed by atoms with Gasteiger partial charge in [0.05, 0.1) is 6.42 Å². The first kappa shape index (κ1) is 30.9. The van der Waals surface area contributed by atoms with Crippen LogP contribution in [-0.4, -0.2) is 53.2 Å². The highest BCUT2D eigenvalue weighted by Gasteiger charge is 2.37. The SMILES string of the molecule is CN(C(=O)OC(C)(C)C)[C@H](CC(=O)N1CCc2cc(OCc3cc(-c4ccccc4)c(C(F)(F)F)s3)ccc21)C(=O)O. The second-order valence-corrected chi connectivity index (χ2v) is 12.0. The molecule has 0 bridgehead atoms. The minimum atomic E-state index is -4.50. The monoisotopic (exact) mass is 604 g/mol. The first-order valence-electron chi connectivity index (χ1n) is 13.1. The van der Waals surface area contributed by atoms with Crippen LogP contribution in [0, 0.1) is 0 Å². The Balaban J connectivity index is 1.44. The van der Waals surface area contributed by atoms with Crippen molar-refractivity contribution in [3.05, 3.63) is 69.9 Å². The Morgan fingerprint density at radius 2 is 1.76 bits per heavy atom. The number of hydrogen-bond donors (Lipinski definition) is 1. The van der Waals surface area contributed by atoms with Gasteiger partial charge in [-0.1, -0.05) is 30.3 Å². The lowest BCUT2D eigenvalue weighted by Crippen LogP contribution is -2.47. The highest BCUT2D eigenvalue weighted by atomic mass is 32.1. The molecule has 0 radical (unpaired) electrons. The van der Waals surface area contributed by atoms with Crippen molar-refractivity contribution in [3.8, 4) is 16.9 Å². The first-order chi connectivity index (χ1) is 19.6. The normalized spacial score (nSPS) is 13.8. The number of rotatable bonds is 8. The molecule has 2 amide bonds. The molecule has 0 fully saturated rings. The molecule has 8 nitrogen and oxygen atoms in total. The predicted octanol–water partition coefficient (Wildman–Crippen LogP) is 6.61. The molecule has 12 heteroatoms.